The van der Waals surface area contributed by atoms with E-state index in [0.717, 1.165) is 43.0 Å². The Bertz CT molecular complexity index is 1240. The molecule has 1 N–H and O–H groups in total. The van der Waals surface area contributed by atoms with Gasteiger partial charge in [0.25, 0.3) is 5.52 Å². The molecule has 38 heavy (non-hydrogen) atoms. The second-order valence-corrected chi connectivity index (χ2v) is 9.09. The van der Waals surface area contributed by atoms with Gasteiger partial charge in [0.1, 0.15) is 5.75 Å². The third-order valence-electron chi connectivity index (χ3n) is 6.80. The minimum atomic E-state index is -0.0438. The second kappa shape index (κ2) is 12.7. The van der Waals surface area contributed by atoms with Crippen LogP contribution in [-0.4, -0.2) is 83.4 Å². The topological polar surface area (TPSA) is 113 Å². The molecular formula is C27H36N4O7. The highest BCUT2D eigenvalue weighted by Crippen LogP contribution is 2.40. The average molecular weight is 529 g/mol. The molecule has 4 rings (SSSR count). The van der Waals surface area contributed by atoms with Crippen molar-refractivity contribution in [1.29, 1.82) is 0 Å². The van der Waals surface area contributed by atoms with E-state index in [1.807, 2.05) is 12.1 Å². The van der Waals surface area contributed by atoms with E-state index >= 15 is 0 Å². The smallest absolute Gasteiger partial charge is 0.361 e. The molecule has 11 nitrogen and oxygen atoms in total. The van der Waals surface area contributed by atoms with E-state index in [0.29, 0.717) is 60.0 Å². The number of oxazole rings is 1. The number of methoxy groups -OCH3 is 4. The molecule has 1 aliphatic heterocycles. The van der Waals surface area contributed by atoms with Gasteiger partial charge < -0.3 is 38.8 Å². The molecule has 1 saturated heterocycles. The highest BCUT2D eigenvalue weighted by molar-refractivity contribution is 5.76. The van der Waals surface area contributed by atoms with Crippen molar-refractivity contribution in [3.8, 4) is 23.0 Å². The van der Waals surface area contributed by atoms with Crippen molar-refractivity contribution < 1.29 is 32.9 Å². The molecule has 0 spiro atoms. The zero-order valence-corrected chi connectivity index (χ0v) is 22.5. The van der Waals surface area contributed by atoms with Gasteiger partial charge in [-0.3, -0.25) is 9.69 Å². The van der Waals surface area contributed by atoms with Crippen molar-refractivity contribution in [3.05, 3.63) is 47.0 Å². The number of hydrogen-bond donors (Lipinski definition) is 1. The molecule has 2 aromatic carbocycles. The van der Waals surface area contributed by atoms with Crippen LogP contribution in [0.2, 0.25) is 0 Å². The first-order chi connectivity index (χ1) is 18.5. The number of rotatable bonds is 12. The van der Waals surface area contributed by atoms with Crippen LogP contribution < -0.4 is 29.0 Å². The molecule has 1 aromatic heterocycles. The number of carbonyl (C=O) groups excluding carboxylic acids is 1. The van der Waals surface area contributed by atoms with E-state index < -0.39 is 0 Å². The Labute approximate surface area is 222 Å². The summed E-state index contributed by atoms with van der Waals surface area (Å²) in [5.41, 5.74) is 1.95. The SMILES string of the molecule is COc1ccc2c(c1)oc(CCNC(=O)CCN1CCN(Cc3ccc(OC)c(OC)c3OC)CC1)[n+]2[O-]. The number of nitrogens with one attached hydrogen (secondary N) is 1. The molecule has 206 valence electrons. The van der Waals surface area contributed by atoms with E-state index in [2.05, 4.69) is 15.1 Å². The van der Waals surface area contributed by atoms with Gasteiger partial charge in [0, 0.05) is 69.9 Å². The van der Waals surface area contributed by atoms with Gasteiger partial charge in [-0.1, -0.05) is 6.07 Å². The third kappa shape index (κ3) is 6.22. The fourth-order valence-electron chi connectivity index (χ4n) is 4.68. The molecule has 2 heterocycles. The Balaban J connectivity index is 1.19. The van der Waals surface area contributed by atoms with Crippen LogP contribution in [0.15, 0.2) is 34.7 Å². The van der Waals surface area contributed by atoms with Crippen molar-refractivity contribution >= 4 is 17.0 Å². The van der Waals surface area contributed by atoms with Crippen LogP contribution in [0.3, 0.4) is 0 Å². The van der Waals surface area contributed by atoms with Gasteiger partial charge in [-0.05, 0) is 12.1 Å². The summed E-state index contributed by atoms with van der Waals surface area (Å²) < 4.78 is 28.1. The van der Waals surface area contributed by atoms with Gasteiger partial charge >= 0.3 is 5.89 Å². The fourth-order valence-corrected chi connectivity index (χ4v) is 4.68. The van der Waals surface area contributed by atoms with E-state index in [4.69, 9.17) is 23.4 Å². The van der Waals surface area contributed by atoms with Crippen LogP contribution in [-0.2, 0) is 17.8 Å². The lowest BCUT2D eigenvalue weighted by atomic mass is 10.1. The summed E-state index contributed by atoms with van der Waals surface area (Å²) in [6.07, 6.45) is 0.711. The fraction of sp³-hybridized carbons (Fsp3) is 0.481. The molecule has 11 heteroatoms. The second-order valence-electron chi connectivity index (χ2n) is 9.09. The van der Waals surface area contributed by atoms with Gasteiger partial charge in [0.2, 0.25) is 17.2 Å². The van der Waals surface area contributed by atoms with Crippen LogP contribution in [0.5, 0.6) is 23.0 Å². The highest BCUT2D eigenvalue weighted by Gasteiger charge is 2.22. The molecule has 0 aliphatic carbocycles. The normalized spacial score (nSPS) is 14.4. The summed E-state index contributed by atoms with van der Waals surface area (Å²) in [5, 5.41) is 15.3. The number of aromatic nitrogens is 1. The Kier molecular flexibility index (Phi) is 9.14. The first-order valence-corrected chi connectivity index (χ1v) is 12.7. The van der Waals surface area contributed by atoms with Gasteiger partial charge in [-0.15, -0.1) is 4.73 Å². The molecule has 1 fully saturated rings. The number of benzene rings is 2. The largest absolute Gasteiger partial charge is 0.616 e. The van der Waals surface area contributed by atoms with Crippen molar-refractivity contribution in [2.24, 2.45) is 0 Å². The van der Waals surface area contributed by atoms with Crippen LogP contribution >= 0.6 is 0 Å². The van der Waals surface area contributed by atoms with E-state index in [1.165, 1.54) is 0 Å². The van der Waals surface area contributed by atoms with Crippen molar-refractivity contribution in [3.63, 3.8) is 0 Å². The van der Waals surface area contributed by atoms with Crippen molar-refractivity contribution in [2.45, 2.75) is 19.4 Å². The summed E-state index contributed by atoms with van der Waals surface area (Å²) in [7, 11) is 6.41. The maximum atomic E-state index is 12.4. The quantitative estimate of drug-likeness (QED) is 0.278. The Hall–Kier alpha value is -3.70. The third-order valence-corrected chi connectivity index (χ3v) is 6.80. The van der Waals surface area contributed by atoms with E-state index in [-0.39, 0.29) is 11.8 Å². The number of piperazine rings is 1. The predicted molar refractivity (Wildman–Crippen MR) is 141 cm³/mol. The first kappa shape index (κ1) is 27.3. The van der Waals surface area contributed by atoms with Crippen LogP contribution in [0.4, 0.5) is 0 Å². The number of hydrogen-bond acceptors (Lipinski definition) is 9. The summed E-state index contributed by atoms with van der Waals surface area (Å²) >= 11 is 0. The number of amides is 1. The molecule has 0 unspecified atom stereocenters. The van der Waals surface area contributed by atoms with Crippen molar-refractivity contribution in [2.75, 3.05) is 67.7 Å². The van der Waals surface area contributed by atoms with Crippen molar-refractivity contribution in [1.82, 2.24) is 15.1 Å². The molecule has 0 atom stereocenters. The number of ether oxygens (including phenoxy) is 4. The molecule has 3 aromatic rings. The minimum Gasteiger partial charge on any atom is -0.616 e. The maximum absolute atomic E-state index is 12.4. The molecule has 0 saturated carbocycles. The van der Waals surface area contributed by atoms with Gasteiger partial charge in [0.05, 0.1) is 34.9 Å². The van der Waals surface area contributed by atoms with Crippen LogP contribution in [0, 0.1) is 5.21 Å². The molecule has 1 amide bonds. The summed E-state index contributed by atoms with van der Waals surface area (Å²) in [5.74, 6) is 2.77. The van der Waals surface area contributed by atoms with Gasteiger partial charge in [0.15, 0.2) is 11.5 Å². The molecule has 1 aliphatic rings. The Morgan fingerprint density at radius 1 is 0.974 bits per heavy atom. The summed E-state index contributed by atoms with van der Waals surface area (Å²) in [6, 6.07) is 8.96. The lowest BCUT2D eigenvalue weighted by Crippen LogP contribution is -2.46. The Morgan fingerprint density at radius 3 is 2.39 bits per heavy atom. The number of fused-ring (bicyclic) bond motifs is 1. The highest BCUT2D eigenvalue weighted by atomic mass is 16.5. The summed E-state index contributed by atoms with van der Waals surface area (Å²) in [4.78, 5) is 17.0. The standard InChI is InChI=1S/C27H36N4O7/c1-34-20-6-7-21-23(17-20)38-25(31(21)33)9-11-28-24(32)10-12-29-13-15-30(16-14-29)18-19-5-8-22(35-2)27(37-4)26(19)36-3/h5-8,17H,9-16,18H2,1-4H3,(H,28,32). The Morgan fingerprint density at radius 2 is 1.71 bits per heavy atom. The molecule has 0 radical (unpaired) electrons. The van der Waals surface area contributed by atoms with E-state index in [9.17, 15) is 10.0 Å². The van der Waals surface area contributed by atoms with Crippen LogP contribution in [0.1, 0.15) is 17.9 Å². The van der Waals surface area contributed by atoms with Gasteiger partial charge in [-0.25, -0.2) is 0 Å². The predicted octanol–water partition coefficient (Wildman–Crippen LogP) is 1.97. The zero-order valence-electron chi connectivity index (χ0n) is 22.5. The summed E-state index contributed by atoms with van der Waals surface area (Å²) in [6.45, 7) is 5.29. The first-order valence-electron chi connectivity index (χ1n) is 12.7. The molecular weight excluding hydrogens is 492 g/mol. The maximum Gasteiger partial charge on any atom is 0.361 e. The molecule has 0 bridgehead atoms. The zero-order chi connectivity index (χ0) is 27.1. The number of carbonyl (C=O) groups is 1. The lowest BCUT2D eigenvalue weighted by Gasteiger charge is -2.34. The lowest BCUT2D eigenvalue weighted by molar-refractivity contribution is -0.592. The monoisotopic (exact) mass is 528 g/mol. The number of nitrogens with zero attached hydrogens (tertiary/aromatic N) is 3. The van der Waals surface area contributed by atoms with E-state index in [1.54, 1.807) is 46.6 Å². The minimum absolute atomic E-state index is 0.0438. The van der Waals surface area contributed by atoms with Crippen LogP contribution in [0.25, 0.3) is 11.1 Å². The average Bonchev–Trinajstić information content (AvgIpc) is 3.26. The van der Waals surface area contributed by atoms with Gasteiger partial charge in [-0.2, -0.15) is 0 Å².